The fourth-order valence-corrected chi connectivity index (χ4v) is 5.21. The fourth-order valence-electron chi connectivity index (χ4n) is 4.15. The van der Waals surface area contributed by atoms with Gasteiger partial charge in [0, 0.05) is 19.1 Å². The van der Waals surface area contributed by atoms with E-state index in [1.807, 2.05) is 25.1 Å². The summed E-state index contributed by atoms with van der Waals surface area (Å²) in [6.45, 7) is 2.87. The van der Waals surface area contributed by atoms with Crippen molar-refractivity contribution in [1.82, 2.24) is 15.0 Å². The first-order chi connectivity index (χ1) is 14.6. The Kier molecular flexibility index (Phi) is 5.30. The SMILES string of the molecule is Cc1nc(NCC2CC2)nc(NC2CC[C@H](CO)[C@H]2O)c1-c1nc2ccccc2s1. The number of nitrogens with zero attached hydrogens (tertiary/aromatic N) is 3. The molecule has 0 bridgehead atoms. The lowest BCUT2D eigenvalue weighted by atomic mass is 10.1. The van der Waals surface area contributed by atoms with Gasteiger partial charge < -0.3 is 20.8 Å². The third kappa shape index (κ3) is 3.87. The zero-order valence-corrected chi connectivity index (χ0v) is 17.8. The smallest absolute Gasteiger partial charge is 0.224 e. The minimum Gasteiger partial charge on any atom is -0.396 e. The predicted octanol–water partition coefficient (Wildman–Crippen LogP) is 3.43. The van der Waals surface area contributed by atoms with Crippen molar-refractivity contribution in [3.8, 4) is 10.6 Å². The molecule has 2 heterocycles. The number of hydrogen-bond acceptors (Lipinski definition) is 8. The lowest BCUT2D eigenvalue weighted by Gasteiger charge is -2.22. The lowest BCUT2D eigenvalue weighted by molar-refractivity contribution is 0.0846. The highest BCUT2D eigenvalue weighted by molar-refractivity contribution is 7.21. The molecule has 0 aliphatic heterocycles. The average Bonchev–Trinajstić information content (AvgIpc) is 3.37. The van der Waals surface area contributed by atoms with Gasteiger partial charge in [-0.3, -0.25) is 0 Å². The molecule has 0 saturated heterocycles. The van der Waals surface area contributed by atoms with E-state index < -0.39 is 6.10 Å². The van der Waals surface area contributed by atoms with Crippen molar-refractivity contribution in [2.24, 2.45) is 11.8 Å². The number of aromatic nitrogens is 3. The van der Waals surface area contributed by atoms with Crippen LogP contribution >= 0.6 is 11.3 Å². The first-order valence-corrected chi connectivity index (χ1v) is 11.5. The summed E-state index contributed by atoms with van der Waals surface area (Å²) in [4.78, 5) is 14.3. The number of anilines is 2. The maximum atomic E-state index is 10.6. The molecule has 2 saturated carbocycles. The fraction of sp³-hybridized carbons (Fsp3) is 0.500. The number of aliphatic hydroxyl groups excluding tert-OH is 2. The van der Waals surface area contributed by atoms with Gasteiger partial charge in [-0.15, -0.1) is 11.3 Å². The van der Waals surface area contributed by atoms with E-state index in [2.05, 4.69) is 16.7 Å². The number of aliphatic hydroxyl groups is 2. The van der Waals surface area contributed by atoms with Crippen LogP contribution in [0.2, 0.25) is 0 Å². The topological polar surface area (TPSA) is 103 Å². The maximum absolute atomic E-state index is 10.6. The van der Waals surface area contributed by atoms with Crippen LogP contribution in [-0.4, -0.2) is 50.5 Å². The van der Waals surface area contributed by atoms with Crippen molar-refractivity contribution in [3.05, 3.63) is 30.0 Å². The van der Waals surface area contributed by atoms with Crippen molar-refractivity contribution in [1.29, 1.82) is 0 Å². The normalized spacial score (nSPS) is 23.8. The number of hydrogen-bond donors (Lipinski definition) is 4. The van der Waals surface area contributed by atoms with E-state index in [1.54, 1.807) is 11.3 Å². The third-order valence-corrected chi connectivity index (χ3v) is 7.20. The Morgan fingerprint density at radius 2 is 1.93 bits per heavy atom. The van der Waals surface area contributed by atoms with Crippen LogP contribution in [0.1, 0.15) is 31.4 Å². The standard InChI is InChI=1S/C22H27N5O2S/c1-12-18(21-26-15-4-2-3-5-17(15)30-21)20(25-16-9-8-14(11-28)19(16)29)27-22(24-12)23-10-13-6-7-13/h2-5,13-14,16,19,28-29H,6-11H2,1H3,(H2,23,24,25,27)/t14-,16?,19-/m1/s1. The molecule has 2 aliphatic rings. The summed E-state index contributed by atoms with van der Waals surface area (Å²) < 4.78 is 1.12. The molecule has 5 rings (SSSR count). The van der Waals surface area contributed by atoms with Crippen LogP contribution < -0.4 is 10.6 Å². The molecule has 3 atom stereocenters. The van der Waals surface area contributed by atoms with Gasteiger partial charge in [-0.2, -0.15) is 4.98 Å². The van der Waals surface area contributed by atoms with E-state index in [0.29, 0.717) is 11.8 Å². The molecule has 0 radical (unpaired) electrons. The van der Waals surface area contributed by atoms with Crippen molar-refractivity contribution in [2.45, 2.75) is 44.8 Å². The molecular formula is C22H27N5O2S. The van der Waals surface area contributed by atoms with Gasteiger partial charge in [-0.25, -0.2) is 9.97 Å². The Labute approximate surface area is 179 Å². The zero-order chi connectivity index (χ0) is 20.7. The van der Waals surface area contributed by atoms with E-state index >= 15 is 0 Å². The summed E-state index contributed by atoms with van der Waals surface area (Å²) in [5.41, 5.74) is 2.70. The molecule has 0 amide bonds. The van der Waals surface area contributed by atoms with Gasteiger partial charge in [0.15, 0.2) is 0 Å². The molecular weight excluding hydrogens is 398 g/mol. The van der Waals surface area contributed by atoms with Crippen LogP contribution in [-0.2, 0) is 0 Å². The number of para-hydroxylation sites is 1. The van der Waals surface area contributed by atoms with Gasteiger partial charge in [0.25, 0.3) is 0 Å². The second-order valence-corrected chi connectivity index (χ2v) is 9.46. The first-order valence-electron chi connectivity index (χ1n) is 10.7. The van der Waals surface area contributed by atoms with Crippen molar-refractivity contribution >= 4 is 33.3 Å². The number of rotatable bonds is 7. The molecule has 158 valence electrons. The molecule has 2 aliphatic carbocycles. The number of aryl methyl sites for hydroxylation is 1. The molecule has 0 spiro atoms. The minimum absolute atomic E-state index is 0.00106. The number of thiazole rings is 1. The molecule has 3 aromatic rings. The van der Waals surface area contributed by atoms with E-state index in [0.717, 1.165) is 51.8 Å². The summed E-state index contributed by atoms with van der Waals surface area (Å²) in [7, 11) is 0. The molecule has 4 N–H and O–H groups in total. The summed E-state index contributed by atoms with van der Waals surface area (Å²) in [6.07, 6.45) is 3.51. The first kappa shape index (κ1) is 19.7. The number of fused-ring (bicyclic) bond motifs is 1. The highest BCUT2D eigenvalue weighted by Gasteiger charge is 2.35. The van der Waals surface area contributed by atoms with Crippen LogP contribution in [0.5, 0.6) is 0 Å². The van der Waals surface area contributed by atoms with Crippen LogP contribution in [0.4, 0.5) is 11.8 Å². The Bertz CT molecular complexity index is 1020. The van der Waals surface area contributed by atoms with Crippen LogP contribution in [0.3, 0.4) is 0 Å². The summed E-state index contributed by atoms with van der Waals surface area (Å²) in [6, 6.07) is 7.93. The zero-order valence-electron chi connectivity index (χ0n) is 17.0. The molecule has 1 unspecified atom stereocenters. The predicted molar refractivity (Wildman–Crippen MR) is 120 cm³/mol. The minimum atomic E-state index is -0.601. The van der Waals surface area contributed by atoms with Crippen molar-refractivity contribution in [3.63, 3.8) is 0 Å². The van der Waals surface area contributed by atoms with Gasteiger partial charge in [-0.1, -0.05) is 12.1 Å². The number of nitrogens with one attached hydrogen (secondary N) is 2. The Morgan fingerprint density at radius 1 is 1.10 bits per heavy atom. The van der Waals surface area contributed by atoms with Crippen LogP contribution in [0, 0.1) is 18.8 Å². The second kappa shape index (κ2) is 8.09. The highest BCUT2D eigenvalue weighted by atomic mass is 32.1. The Balaban J connectivity index is 1.52. The Morgan fingerprint density at radius 3 is 2.67 bits per heavy atom. The molecule has 30 heavy (non-hydrogen) atoms. The van der Waals surface area contributed by atoms with Gasteiger partial charge in [-0.05, 0) is 50.7 Å². The van der Waals surface area contributed by atoms with Gasteiger partial charge in [0.1, 0.15) is 10.8 Å². The molecule has 7 nitrogen and oxygen atoms in total. The monoisotopic (exact) mass is 425 g/mol. The van der Waals surface area contributed by atoms with E-state index in [4.69, 9.17) is 15.0 Å². The second-order valence-electron chi connectivity index (χ2n) is 8.43. The summed E-state index contributed by atoms with van der Waals surface area (Å²) >= 11 is 1.62. The molecule has 1 aromatic carbocycles. The van der Waals surface area contributed by atoms with Gasteiger partial charge in [0.2, 0.25) is 5.95 Å². The largest absolute Gasteiger partial charge is 0.396 e. The average molecular weight is 426 g/mol. The molecule has 8 heteroatoms. The maximum Gasteiger partial charge on any atom is 0.224 e. The van der Waals surface area contributed by atoms with E-state index in [1.165, 1.54) is 12.8 Å². The quantitative estimate of drug-likeness (QED) is 0.460. The summed E-state index contributed by atoms with van der Waals surface area (Å²) in [5.74, 6) is 1.93. The van der Waals surface area contributed by atoms with Crippen LogP contribution in [0.15, 0.2) is 24.3 Å². The van der Waals surface area contributed by atoms with Gasteiger partial charge in [0.05, 0.1) is 33.6 Å². The van der Waals surface area contributed by atoms with Crippen molar-refractivity contribution in [2.75, 3.05) is 23.8 Å². The Hall–Kier alpha value is -2.29. The summed E-state index contributed by atoms with van der Waals surface area (Å²) in [5, 5.41) is 27.8. The van der Waals surface area contributed by atoms with Gasteiger partial charge >= 0.3 is 0 Å². The third-order valence-electron chi connectivity index (χ3n) is 6.14. The molecule has 2 aromatic heterocycles. The van der Waals surface area contributed by atoms with E-state index in [9.17, 15) is 10.2 Å². The molecule has 2 fully saturated rings. The lowest BCUT2D eigenvalue weighted by Crippen LogP contribution is -2.33. The van der Waals surface area contributed by atoms with E-state index in [-0.39, 0.29) is 18.6 Å². The number of benzene rings is 1. The van der Waals surface area contributed by atoms with Crippen molar-refractivity contribution < 1.29 is 10.2 Å². The highest BCUT2D eigenvalue weighted by Crippen LogP contribution is 2.38. The van der Waals surface area contributed by atoms with Crippen LogP contribution in [0.25, 0.3) is 20.8 Å².